The molecule has 2 aliphatic rings. The lowest BCUT2D eigenvalue weighted by Crippen LogP contribution is -2.63. The minimum atomic E-state index is -1.62. The van der Waals surface area contributed by atoms with Gasteiger partial charge >= 0.3 is 0 Å². The molecule has 0 radical (unpaired) electrons. The Labute approximate surface area is 437 Å². The van der Waals surface area contributed by atoms with E-state index in [-0.39, 0.29) is 49.6 Å². The number of hydrogen-bond donors (Lipinski definition) is 11. The fraction of sp³-hybridized carbons (Fsp3) is 0.780. The molecule has 74 heavy (non-hydrogen) atoms. The van der Waals surface area contributed by atoms with E-state index in [1.54, 1.807) is 41.5 Å². The van der Waals surface area contributed by atoms with Crippen LogP contribution in [0, 0.1) is 23.7 Å². The number of aliphatic hydroxyl groups excluding tert-OH is 1. The lowest BCUT2D eigenvalue weighted by atomic mass is 9.84. The molecule has 0 aromatic carbocycles. The highest BCUT2D eigenvalue weighted by Gasteiger charge is 2.41. The Morgan fingerprint density at radius 2 is 1.20 bits per heavy atom. The molecule has 1 saturated carbocycles. The second-order valence-corrected chi connectivity index (χ2v) is 20.3. The Morgan fingerprint density at radius 3 is 1.74 bits per heavy atom. The molecule has 10 amide bonds. The molecule has 24 heteroatoms. The van der Waals surface area contributed by atoms with Crippen LogP contribution in [0.2, 0.25) is 0 Å². The third kappa shape index (κ3) is 21.0. The van der Waals surface area contributed by atoms with Gasteiger partial charge in [0.2, 0.25) is 59.1 Å². The first-order chi connectivity index (χ1) is 34.9. The van der Waals surface area contributed by atoms with Crippen molar-refractivity contribution in [2.24, 2.45) is 40.1 Å². The van der Waals surface area contributed by atoms with E-state index in [0.717, 1.165) is 37.0 Å². The summed E-state index contributed by atoms with van der Waals surface area (Å²) in [6.45, 7) is 14.9. The average molecular weight is 1050 g/mol. The average Bonchev–Trinajstić information content (AvgIpc) is 3.85. The number of likely N-dealkylation sites (tertiary alicyclic amines) is 1. The number of guanidine groups is 1. The second-order valence-electron chi connectivity index (χ2n) is 20.3. The molecule has 0 aromatic rings. The summed E-state index contributed by atoms with van der Waals surface area (Å²) in [5, 5.41) is 32.5. The molecule has 0 aromatic heterocycles. The predicted octanol–water partition coefficient (Wildman–Crippen LogP) is -1.23. The van der Waals surface area contributed by atoms with Crippen LogP contribution in [0.25, 0.3) is 0 Å². The number of nitrogens with one attached hydrogen (secondary N) is 8. The number of carbonyl (C=O) groups excluding carboxylic acids is 10. The third-order valence-electron chi connectivity index (χ3n) is 14.0. The maximum atomic E-state index is 14.6. The highest BCUT2D eigenvalue weighted by Crippen LogP contribution is 2.28. The van der Waals surface area contributed by atoms with Crippen molar-refractivity contribution in [1.82, 2.24) is 52.3 Å². The number of rotatable bonds is 30. The van der Waals surface area contributed by atoms with Gasteiger partial charge in [0.15, 0.2) is 5.96 Å². The molecule has 2 rings (SSSR count). The van der Waals surface area contributed by atoms with Crippen LogP contribution in [-0.2, 0) is 47.9 Å². The Bertz CT molecular complexity index is 1940. The zero-order valence-electron chi connectivity index (χ0n) is 45.5. The summed E-state index contributed by atoms with van der Waals surface area (Å²) in [6.07, 6.45) is 5.37. The van der Waals surface area contributed by atoms with Gasteiger partial charge in [-0.1, -0.05) is 86.5 Å². The fourth-order valence-electron chi connectivity index (χ4n) is 8.94. The van der Waals surface area contributed by atoms with E-state index in [0.29, 0.717) is 45.2 Å². The van der Waals surface area contributed by atoms with Gasteiger partial charge in [0, 0.05) is 33.6 Å². The summed E-state index contributed by atoms with van der Waals surface area (Å²) < 4.78 is 0. The number of carbonyl (C=O) groups is 10. The molecule has 420 valence electrons. The lowest BCUT2D eigenvalue weighted by molar-refractivity contribution is -0.142. The SMILES string of the molecule is CCNC(=O)[C@@H]1CCCN1C(=O)[C@H](CCCN=C(N)N)NC(=O)[C@@H](NC(=O)[C@H](CC1CCCCC1)NC(=O)[C@@H](NC(=O)[C@H](NC(=O)[C@@H](NC(=O)CNC(=O)CN(C)C(C)=O)C(C)C)[C@@H](C)CC)[C@@H](C)O)[C@@H](C)CC. The van der Waals surface area contributed by atoms with Gasteiger partial charge in [-0.15, -0.1) is 0 Å². The van der Waals surface area contributed by atoms with Crippen molar-refractivity contribution in [2.45, 2.75) is 188 Å². The molecule has 1 aliphatic carbocycles. The van der Waals surface area contributed by atoms with Crippen LogP contribution >= 0.6 is 0 Å². The first-order valence-electron chi connectivity index (χ1n) is 26.5. The van der Waals surface area contributed by atoms with Crippen LogP contribution in [0.3, 0.4) is 0 Å². The Morgan fingerprint density at radius 1 is 0.662 bits per heavy atom. The quantitative estimate of drug-likeness (QED) is 0.0228. The standard InChI is InChI=1S/C50H89N13O11/c1-11-29(6)40(46(71)56-34(21-17-23-54-50(51)52)49(74)63-24-18-22-36(63)44(69)53-13-3)59-43(68)35(25-33-19-15-14-16-20-33)57-48(73)42(31(8)64)61-47(72)41(30(7)12-2)60-45(70)39(28(4)5)58-37(66)26-55-38(67)27-62(10)32(9)65/h28-31,33-36,39-42,64H,11-27H2,1-10H3,(H,53,69)(H,55,67)(H,56,71)(H,57,73)(H,58,66)(H,59,68)(H,60,70)(H,61,72)(H4,51,52,54)/t29-,30-,31+,34-,35-,36-,39-,40-,41+,42-/m0/s1. The van der Waals surface area contributed by atoms with Gasteiger partial charge in [-0.05, 0) is 69.6 Å². The van der Waals surface area contributed by atoms with E-state index in [1.165, 1.54) is 25.8 Å². The Kier molecular flexibility index (Phi) is 27.9. The molecule has 1 heterocycles. The number of aliphatic imine (C=N–C) groups is 1. The zero-order chi connectivity index (χ0) is 55.8. The van der Waals surface area contributed by atoms with Crippen molar-refractivity contribution in [3.63, 3.8) is 0 Å². The normalized spacial score (nSPS) is 18.3. The van der Waals surface area contributed by atoms with E-state index in [1.807, 2.05) is 6.92 Å². The monoisotopic (exact) mass is 1050 g/mol. The number of nitrogens with two attached hydrogens (primary N) is 2. The summed E-state index contributed by atoms with van der Waals surface area (Å²) in [7, 11) is 1.43. The number of likely N-dealkylation sites (N-methyl/N-ethyl adjacent to an activating group) is 2. The Balaban J connectivity index is 2.39. The largest absolute Gasteiger partial charge is 0.391 e. The molecule has 2 fully saturated rings. The van der Waals surface area contributed by atoms with Crippen LogP contribution in [0.5, 0.6) is 0 Å². The van der Waals surface area contributed by atoms with Crippen molar-refractivity contribution in [2.75, 3.05) is 39.8 Å². The van der Waals surface area contributed by atoms with E-state index in [4.69, 9.17) is 11.5 Å². The predicted molar refractivity (Wildman–Crippen MR) is 278 cm³/mol. The highest BCUT2D eigenvalue weighted by molar-refractivity contribution is 5.98. The van der Waals surface area contributed by atoms with Crippen molar-refractivity contribution in [1.29, 1.82) is 0 Å². The van der Waals surface area contributed by atoms with Crippen LogP contribution in [0.4, 0.5) is 0 Å². The topological polar surface area (TPSA) is 358 Å². The minimum Gasteiger partial charge on any atom is -0.391 e. The molecule has 0 bridgehead atoms. The van der Waals surface area contributed by atoms with Crippen molar-refractivity contribution in [3.05, 3.63) is 0 Å². The molecular formula is C50H89N13O11. The van der Waals surface area contributed by atoms with Crippen molar-refractivity contribution >= 4 is 65.0 Å². The van der Waals surface area contributed by atoms with Crippen molar-refractivity contribution in [3.8, 4) is 0 Å². The summed E-state index contributed by atoms with van der Waals surface area (Å²) in [5.74, 6) is -7.77. The zero-order valence-corrected chi connectivity index (χ0v) is 45.5. The maximum Gasteiger partial charge on any atom is 0.245 e. The molecule has 0 unspecified atom stereocenters. The fourth-order valence-corrected chi connectivity index (χ4v) is 8.94. The molecule has 13 N–H and O–H groups in total. The van der Waals surface area contributed by atoms with Gasteiger partial charge in [0.1, 0.15) is 42.3 Å². The van der Waals surface area contributed by atoms with Gasteiger partial charge in [-0.2, -0.15) is 0 Å². The van der Waals surface area contributed by atoms with E-state index < -0.39 is 120 Å². The van der Waals surface area contributed by atoms with E-state index in [2.05, 4.69) is 47.5 Å². The first kappa shape index (κ1) is 64.0. The van der Waals surface area contributed by atoms with Gasteiger partial charge in [-0.3, -0.25) is 52.9 Å². The van der Waals surface area contributed by atoms with Gasteiger partial charge < -0.3 is 68.9 Å². The molecule has 10 atom stereocenters. The maximum absolute atomic E-state index is 14.6. The molecule has 1 aliphatic heterocycles. The van der Waals surface area contributed by atoms with Crippen LogP contribution in [0.15, 0.2) is 4.99 Å². The van der Waals surface area contributed by atoms with Gasteiger partial charge in [-0.25, -0.2) is 0 Å². The number of amides is 10. The highest BCUT2D eigenvalue weighted by atomic mass is 16.3. The molecule has 1 saturated heterocycles. The van der Waals surface area contributed by atoms with Crippen LogP contribution < -0.4 is 54.0 Å². The summed E-state index contributed by atoms with van der Waals surface area (Å²) in [6, 6.07) is -8.28. The second kappa shape index (κ2) is 32.3. The Hall–Kier alpha value is -6.07. The third-order valence-corrected chi connectivity index (χ3v) is 14.0. The van der Waals surface area contributed by atoms with Gasteiger partial charge in [0.25, 0.3) is 0 Å². The molecular weight excluding hydrogens is 959 g/mol. The van der Waals surface area contributed by atoms with Gasteiger partial charge in [0.05, 0.1) is 19.2 Å². The van der Waals surface area contributed by atoms with Crippen molar-refractivity contribution < 1.29 is 53.1 Å². The molecule has 24 nitrogen and oxygen atoms in total. The first-order valence-corrected chi connectivity index (χ1v) is 26.5. The van der Waals surface area contributed by atoms with Crippen LogP contribution in [-0.4, -0.2) is 168 Å². The van der Waals surface area contributed by atoms with E-state index >= 15 is 0 Å². The number of aliphatic hydroxyl groups is 1. The molecule has 0 spiro atoms. The summed E-state index contributed by atoms with van der Waals surface area (Å²) >= 11 is 0. The van der Waals surface area contributed by atoms with E-state index in [9.17, 15) is 53.1 Å². The number of hydrogen-bond acceptors (Lipinski definition) is 12. The number of nitrogens with zero attached hydrogens (tertiary/aromatic N) is 3. The van der Waals surface area contributed by atoms with Crippen LogP contribution in [0.1, 0.15) is 139 Å². The smallest absolute Gasteiger partial charge is 0.245 e. The summed E-state index contributed by atoms with van der Waals surface area (Å²) in [4.78, 5) is 142. The minimum absolute atomic E-state index is 0.0184. The lowest BCUT2D eigenvalue weighted by Gasteiger charge is -2.33. The summed E-state index contributed by atoms with van der Waals surface area (Å²) in [5.41, 5.74) is 11.1.